The average molecular weight is 383 g/mol. The number of para-hydroxylation sites is 1. The molecule has 0 fully saturated rings. The Morgan fingerprint density at radius 2 is 1.81 bits per heavy atom. The van der Waals surface area contributed by atoms with Crippen molar-refractivity contribution in [3.05, 3.63) is 58.6 Å². The molecule has 0 spiro atoms. The van der Waals surface area contributed by atoms with Crippen LogP contribution in [0.4, 0.5) is 22.5 Å². The van der Waals surface area contributed by atoms with Crippen LogP contribution in [0.25, 0.3) is 0 Å². The molecule has 0 aliphatic rings. The third-order valence-corrected chi connectivity index (χ3v) is 4.76. The van der Waals surface area contributed by atoms with E-state index < -0.39 is 0 Å². The maximum atomic E-state index is 12.5. The normalized spacial score (nSPS) is 10.5. The molecule has 3 rings (SSSR count). The fraction of sp³-hybridized carbons (Fsp3) is 0.211. The molecule has 7 nitrogen and oxygen atoms in total. The van der Waals surface area contributed by atoms with Gasteiger partial charge in [-0.2, -0.15) is 0 Å². The molecule has 0 atom stereocenters. The number of carbonyl (C=O) groups excluding carboxylic acids is 1. The lowest BCUT2D eigenvalue weighted by atomic mass is 10.1. The van der Waals surface area contributed by atoms with E-state index in [1.54, 1.807) is 6.20 Å². The zero-order chi connectivity index (χ0) is 19.2. The number of nitrogens with one attached hydrogen (secondary N) is 3. The fourth-order valence-corrected chi connectivity index (χ4v) is 3.24. The first-order valence-electron chi connectivity index (χ1n) is 8.49. The van der Waals surface area contributed by atoms with Gasteiger partial charge in [0.25, 0.3) is 5.91 Å². The van der Waals surface area contributed by atoms with Crippen molar-refractivity contribution in [3.8, 4) is 0 Å². The minimum Gasteiger partial charge on any atom is -0.395 e. The van der Waals surface area contributed by atoms with Crippen molar-refractivity contribution in [2.24, 2.45) is 0 Å². The lowest BCUT2D eigenvalue weighted by molar-refractivity contribution is 0.103. The van der Waals surface area contributed by atoms with Gasteiger partial charge in [0.05, 0.1) is 12.8 Å². The first-order valence-corrected chi connectivity index (χ1v) is 9.30. The Morgan fingerprint density at radius 1 is 1.11 bits per heavy atom. The lowest BCUT2D eigenvalue weighted by Crippen LogP contribution is -2.12. The molecule has 0 aliphatic carbocycles. The van der Waals surface area contributed by atoms with Gasteiger partial charge in [0.15, 0.2) is 5.13 Å². The summed E-state index contributed by atoms with van der Waals surface area (Å²) in [5.74, 6) is 1.07. The molecule has 27 heavy (non-hydrogen) atoms. The van der Waals surface area contributed by atoms with Gasteiger partial charge in [0.1, 0.15) is 16.5 Å². The summed E-state index contributed by atoms with van der Waals surface area (Å²) in [5.41, 5.74) is 2.86. The largest absolute Gasteiger partial charge is 0.395 e. The third kappa shape index (κ3) is 4.81. The van der Waals surface area contributed by atoms with E-state index in [2.05, 4.69) is 25.9 Å². The molecule has 0 radical (unpaired) electrons. The highest BCUT2D eigenvalue weighted by molar-refractivity contribution is 7.17. The van der Waals surface area contributed by atoms with Crippen molar-refractivity contribution in [2.75, 3.05) is 29.1 Å². The summed E-state index contributed by atoms with van der Waals surface area (Å²) in [6.07, 6.45) is 1.55. The summed E-state index contributed by atoms with van der Waals surface area (Å²) >= 11 is 1.26. The van der Waals surface area contributed by atoms with Crippen LogP contribution in [0.15, 0.2) is 42.6 Å². The zero-order valence-corrected chi connectivity index (χ0v) is 15.9. The summed E-state index contributed by atoms with van der Waals surface area (Å²) in [4.78, 5) is 21.7. The molecule has 0 saturated carbocycles. The summed E-state index contributed by atoms with van der Waals surface area (Å²) in [5, 5.41) is 18.5. The molecule has 1 aromatic carbocycles. The minimum absolute atomic E-state index is 0.0324. The molecule has 4 N–H and O–H groups in total. The number of amides is 1. The highest BCUT2D eigenvalue weighted by Gasteiger charge is 2.13. The molecular weight excluding hydrogens is 362 g/mol. The van der Waals surface area contributed by atoms with Crippen molar-refractivity contribution in [1.82, 2.24) is 9.97 Å². The smallest absolute Gasteiger partial charge is 0.267 e. The number of hydrogen-bond donors (Lipinski definition) is 4. The number of thiazole rings is 1. The second-order valence-corrected chi connectivity index (χ2v) is 6.96. The standard InChI is InChI=1S/C19H21N5O2S/c1-12-5-3-6-13(2)17(12)24-18(26)14-11-21-19(27-14)23-16-8-4-7-15(22-16)20-9-10-25/h3-8,11,25H,9-10H2,1-2H3,(H,24,26)(H2,20,21,22,23). The van der Waals surface area contributed by atoms with Crippen LogP contribution in [-0.4, -0.2) is 34.1 Å². The molecule has 1 amide bonds. The maximum absolute atomic E-state index is 12.5. The number of aromatic nitrogens is 2. The third-order valence-electron chi connectivity index (χ3n) is 3.85. The van der Waals surface area contributed by atoms with Gasteiger partial charge in [-0.25, -0.2) is 9.97 Å². The molecule has 2 heterocycles. The van der Waals surface area contributed by atoms with Gasteiger partial charge in [0.2, 0.25) is 0 Å². The number of nitrogens with zero attached hydrogens (tertiary/aromatic N) is 2. The second kappa shape index (κ2) is 8.61. The summed E-state index contributed by atoms with van der Waals surface area (Å²) < 4.78 is 0. The fourth-order valence-electron chi connectivity index (χ4n) is 2.52. The number of carbonyl (C=O) groups is 1. The van der Waals surface area contributed by atoms with Crippen LogP contribution in [0.2, 0.25) is 0 Å². The number of rotatable bonds is 7. The van der Waals surface area contributed by atoms with Gasteiger partial charge in [-0.15, -0.1) is 0 Å². The van der Waals surface area contributed by atoms with Gasteiger partial charge >= 0.3 is 0 Å². The number of aryl methyl sites for hydroxylation is 2. The van der Waals surface area contributed by atoms with Crippen molar-refractivity contribution in [3.63, 3.8) is 0 Å². The Hall–Kier alpha value is -2.97. The van der Waals surface area contributed by atoms with Gasteiger partial charge in [-0.05, 0) is 37.1 Å². The van der Waals surface area contributed by atoms with E-state index >= 15 is 0 Å². The summed E-state index contributed by atoms with van der Waals surface area (Å²) in [7, 11) is 0. The molecule has 8 heteroatoms. The van der Waals surface area contributed by atoms with E-state index in [0.29, 0.717) is 28.2 Å². The first kappa shape index (κ1) is 18.8. The van der Waals surface area contributed by atoms with E-state index in [4.69, 9.17) is 5.11 Å². The van der Waals surface area contributed by atoms with Crippen LogP contribution in [0, 0.1) is 13.8 Å². The number of benzene rings is 1. The van der Waals surface area contributed by atoms with Crippen molar-refractivity contribution in [1.29, 1.82) is 0 Å². The summed E-state index contributed by atoms with van der Waals surface area (Å²) in [6.45, 7) is 4.39. The van der Waals surface area contributed by atoms with Crippen LogP contribution < -0.4 is 16.0 Å². The minimum atomic E-state index is -0.190. The molecule has 0 saturated heterocycles. The van der Waals surface area contributed by atoms with Crippen LogP contribution in [0.3, 0.4) is 0 Å². The van der Waals surface area contributed by atoms with Crippen LogP contribution in [0.5, 0.6) is 0 Å². The van der Waals surface area contributed by atoms with E-state index in [9.17, 15) is 4.79 Å². The van der Waals surface area contributed by atoms with Gasteiger partial charge in [0, 0.05) is 12.2 Å². The Balaban J connectivity index is 1.69. The van der Waals surface area contributed by atoms with Crippen molar-refractivity contribution in [2.45, 2.75) is 13.8 Å². The molecule has 140 valence electrons. The molecule has 0 unspecified atom stereocenters. The van der Waals surface area contributed by atoms with E-state index in [1.807, 2.05) is 50.2 Å². The number of anilines is 4. The molecule has 3 aromatic rings. The van der Waals surface area contributed by atoms with E-state index in [-0.39, 0.29) is 12.5 Å². The van der Waals surface area contributed by atoms with E-state index in [0.717, 1.165) is 16.8 Å². The predicted molar refractivity (Wildman–Crippen MR) is 109 cm³/mol. The topological polar surface area (TPSA) is 99.2 Å². The van der Waals surface area contributed by atoms with Crippen LogP contribution in [0.1, 0.15) is 20.8 Å². The van der Waals surface area contributed by atoms with Gasteiger partial charge in [-0.3, -0.25) is 4.79 Å². The lowest BCUT2D eigenvalue weighted by Gasteiger charge is -2.10. The Kier molecular flexibility index (Phi) is 6.00. The molecular formula is C19H21N5O2S. The quantitative estimate of drug-likeness (QED) is 0.498. The Bertz CT molecular complexity index is 921. The van der Waals surface area contributed by atoms with E-state index in [1.165, 1.54) is 11.3 Å². The van der Waals surface area contributed by atoms with Crippen molar-refractivity contribution < 1.29 is 9.90 Å². The second-order valence-electron chi connectivity index (χ2n) is 5.93. The zero-order valence-electron chi connectivity index (χ0n) is 15.1. The number of aliphatic hydroxyl groups is 1. The monoisotopic (exact) mass is 383 g/mol. The molecule has 0 bridgehead atoms. The average Bonchev–Trinajstić information content (AvgIpc) is 3.12. The van der Waals surface area contributed by atoms with Crippen molar-refractivity contribution >= 4 is 39.7 Å². The predicted octanol–water partition coefficient (Wildman–Crippen LogP) is 3.56. The molecule has 0 aliphatic heterocycles. The van der Waals surface area contributed by atoms with Gasteiger partial charge < -0.3 is 21.1 Å². The number of aliphatic hydroxyl groups excluding tert-OH is 1. The maximum Gasteiger partial charge on any atom is 0.267 e. The molecule has 2 aromatic heterocycles. The summed E-state index contributed by atoms with van der Waals surface area (Å²) in [6, 6.07) is 11.4. The Morgan fingerprint density at radius 3 is 2.56 bits per heavy atom. The first-order chi connectivity index (χ1) is 13.1. The van der Waals surface area contributed by atoms with Gasteiger partial charge in [-0.1, -0.05) is 35.6 Å². The highest BCUT2D eigenvalue weighted by Crippen LogP contribution is 2.25. The highest BCUT2D eigenvalue weighted by atomic mass is 32.1. The number of pyridine rings is 1. The SMILES string of the molecule is Cc1cccc(C)c1NC(=O)c1cnc(Nc2cccc(NCCO)n2)s1. The van der Waals surface area contributed by atoms with Crippen LogP contribution >= 0.6 is 11.3 Å². The van der Waals surface area contributed by atoms with Crippen LogP contribution in [-0.2, 0) is 0 Å². The number of hydrogen-bond acceptors (Lipinski definition) is 7. The Labute approximate surface area is 161 Å².